The van der Waals surface area contributed by atoms with Crippen molar-refractivity contribution in [2.24, 2.45) is 11.5 Å². The Morgan fingerprint density at radius 2 is 1.24 bits per heavy atom. The van der Waals surface area contributed by atoms with Gasteiger partial charge in [-0.05, 0) is 36.6 Å². The highest BCUT2D eigenvalue weighted by Crippen LogP contribution is 2.15. The van der Waals surface area contributed by atoms with Crippen LogP contribution in [0.4, 0.5) is 35.1 Å². The van der Waals surface area contributed by atoms with Crippen LogP contribution in [0.2, 0.25) is 0 Å². The Balaban J connectivity index is 0.000000941. The Bertz CT molecular complexity index is 1090. The molecule has 0 spiro atoms. The number of nitrogens with zero attached hydrogens (tertiary/aromatic N) is 1. The minimum absolute atomic E-state index is 0.0335. The molecule has 0 bridgehead atoms. The van der Waals surface area contributed by atoms with Gasteiger partial charge in [0.05, 0.1) is 12.1 Å². The molecule has 0 saturated carbocycles. The van der Waals surface area contributed by atoms with Gasteiger partial charge in [0.1, 0.15) is 11.6 Å². The van der Waals surface area contributed by atoms with Crippen LogP contribution < -0.4 is 11.5 Å². The third-order valence-corrected chi connectivity index (χ3v) is 4.70. The van der Waals surface area contributed by atoms with Gasteiger partial charge in [0.15, 0.2) is 0 Å². The van der Waals surface area contributed by atoms with E-state index in [0.717, 1.165) is 11.6 Å². The van der Waals surface area contributed by atoms with Crippen LogP contribution in [0.15, 0.2) is 48.5 Å². The minimum atomic E-state index is -5.08. The lowest BCUT2D eigenvalue weighted by Crippen LogP contribution is -2.49. The molecule has 0 aliphatic heterocycles. The Hall–Kier alpha value is -3.83. The fraction of sp³-hybridized carbons (Fsp3) is 0.375. The summed E-state index contributed by atoms with van der Waals surface area (Å²) < 4.78 is 90.1. The number of carboxylic acid groups (broad SMARTS) is 2. The van der Waals surface area contributed by atoms with Crippen LogP contribution in [0, 0.1) is 11.6 Å². The zero-order valence-corrected chi connectivity index (χ0v) is 21.2. The molecular formula is C24H27F8N3O6. The van der Waals surface area contributed by atoms with E-state index in [1.54, 1.807) is 6.92 Å². The summed E-state index contributed by atoms with van der Waals surface area (Å²) in [5, 5.41) is 24.7. The summed E-state index contributed by atoms with van der Waals surface area (Å²) in [5.74, 6) is -7.24. The number of hydrogen-bond donors (Lipinski definition) is 5. The molecule has 17 heteroatoms. The number of halogens is 8. The molecule has 2 rings (SSSR count). The number of aliphatic carboxylic acids is 2. The van der Waals surface area contributed by atoms with Crippen LogP contribution in [0.3, 0.4) is 0 Å². The van der Waals surface area contributed by atoms with Crippen LogP contribution in [0.5, 0.6) is 0 Å². The van der Waals surface area contributed by atoms with Crippen LogP contribution in [0.1, 0.15) is 18.1 Å². The molecule has 1 amide bonds. The fourth-order valence-corrected chi connectivity index (χ4v) is 2.82. The largest absolute Gasteiger partial charge is 0.490 e. The molecular weight excluding hydrogens is 578 g/mol. The number of carbonyl (C=O) groups excluding carboxylic acids is 1. The molecule has 0 unspecified atom stereocenters. The van der Waals surface area contributed by atoms with Crippen molar-refractivity contribution in [3.8, 4) is 0 Å². The number of carboxylic acids is 2. The zero-order chi connectivity index (χ0) is 32.1. The topological polar surface area (TPSA) is 167 Å². The molecule has 0 heterocycles. The maximum absolute atomic E-state index is 13.3. The predicted octanol–water partition coefficient (Wildman–Crippen LogP) is 2.84. The molecule has 0 saturated heterocycles. The number of alkyl halides is 6. The second-order valence-corrected chi connectivity index (χ2v) is 8.31. The van der Waals surface area contributed by atoms with Gasteiger partial charge in [0, 0.05) is 25.2 Å². The molecule has 7 N–H and O–H groups in total. The minimum Gasteiger partial charge on any atom is -0.475 e. The summed E-state index contributed by atoms with van der Waals surface area (Å²) in [6.45, 7) is 1.82. The smallest absolute Gasteiger partial charge is 0.475 e. The summed E-state index contributed by atoms with van der Waals surface area (Å²) in [6, 6.07) is 10.9. The Morgan fingerprint density at radius 3 is 1.61 bits per heavy atom. The lowest BCUT2D eigenvalue weighted by molar-refractivity contribution is -0.193. The Labute approximate surface area is 228 Å². The van der Waals surface area contributed by atoms with Gasteiger partial charge in [0.2, 0.25) is 5.91 Å². The second-order valence-electron chi connectivity index (χ2n) is 8.31. The zero-order valence-electron chi connectivity index (χ0n) is 21.2. The first-order valence-corrected chi connectivity index (χ1v) is 11.2. The molecule has 9 nitrogen and oxygen atoms in total. The van der Waals surface area contributed by atoms with E-state index in [4.69, 9.17) is 31.3 Å². The van der Waals surface area contributed by atoms with Gasteiger partial charge in [-0.1, -0.05) is 30.3 Å². The highest BCUT2D eigenvalue weighted by atomic mass is 19.4. The van der Waals surface area contributed by atoms with E-state index in [9.17, 15) is 45.0 Å². The molecule has 0 aliphatic carbocycles. The van der Waals surface area contributed by atoms with Gasteiger partial charge < -0.3 is 31.7 Å². The van der Waals surface area contributed by atoms with Gasteiger partial charge in [-0.25, -0.2) is 18.4 Å². The number of carbonyl (C=O) groups is 3. The molecule has 0 aliphatic rings. The van der Waals surface area contributed by atoms with Crippen molar-refractivity contribution in [1.29, 1.82) is 0 Å². The number of benzene rings is 2. The van der Waals surface area contributed by atoms with E-state index < -0.39 is 54.1 Å². The van der Waals surface area contributed by atoms with Crippen LogP contribution >= 0.6 is 0 Å². The number of rotatable bonds is 8. The second kappa shape index (κ2) is 16.4. The normalized spacial score (nSPS) is 13.4. The summed E-state index contributed by atoms with van der Waals surface area (Å²) in [7, 11) is 0. The number of amides is 1. The number of hydrogen-bond acceptors (Lipinski definition) is 6. The molecule has 2 aromatic rings. The molecule has 2 aromatic carbocycles. The SMILES string of the molecule is C[C@H](N)C(=O)N(Cc1ccccc1)C[C@@H](O)[C@@H](N)Cc1cc(F)cc(F)c1.O=C(O)C(F)(F)F.O=C(O)C(F)(F)F. The summed E-state index contributed by atoms with van der Waals surface area (Å²) in [4.78, 5) is 31.6. The first-order chi connectivity index (χ1) is 18.6. The first kappa shape index (κ1) is 37.2. The van der Waals surface area contributed by atoms with Crippen molar-refractivity contribution >= 4 is 17.8 Å². The number of nitrogens with two attached hydrogens (primary N) is 2. The third kappa shape index (κ3) is 15.5. The van der Waals surface area contributed by atoms with Gasteiger partial charge in [-0.3, -0.25) is 4.79 Å². The fourth-order valence-electron chi connectivity index (χ4n) is 2.82. The van der Waals surface area contributed by atoms with Crippen molar-refractivity contribution < 1.29 is 64.8 Å². The lowest BCUT2D eigenvalue weighted by atomic mass is 10.0. The van der Waals surface area contributed by atoms with Crippen molar-refractivity contribution in [1.82, 2.24) is 4.90 Å². The molecule has 3 atom stereocenters. The monoisotopic (exact) mass is 605 g/mol. The third-order valence-electron chi connectivity index (χ3n) is 4.70. The molecule has 0 fully saturated rings. The van der Waals surface area contributed by atoms with Crippen LogP contribution in [-0.4, -0.2) is 75.2 Å². The van der Waals surface area contributed by atoms with Crippen molar-refractivity contribution in [3.63, 3.8) is 0 Å². The van der Waals surface area contributed by atoms with Gasteiger partial charge in [-0.15, -0.1) is 0 Å². The predicted molar refractivity (Wildman–Crippen MR) is 127 cm³/mol. The Morgan fingerprint density at radius 1 is 0.829 bits per heavy atom. The van der Waals surface area contributed by atoms with Gasteiger partial charge in [-0.2, -0.15) is 26.3 Å². The van der Waals surface area contributed by atoms with E-state index in [0.29, 0.717) is 5.56 Å². The summed E-state index contributed by atoms with van der Waals surface area (Å²) in [6.07, 6.45) is -11.2. The lowest BCUT2D eigenvalue weighted by Gasteiger charge is -2.29. The van der Waals surface area contributed by atoms with E-state index in [1.165, 1.54) is 17.0 Å². The average molecular weight is 605 g/mol. The summed E-state index contributed by atoms with van der Waals surface area (Å²) >= 11 is 0. The van der Waals surface area contributed by atoms with E-state index >= 15 is 0 Å². The quantitative estimate of drug-likeness (QED) is 0.287. The molecule has 0 aromatic heterocycles. The van der Waals surface area contributed by atoms with Crippen molar-refractivity contribution in [2.45, 2.75) is 50.4 Å². The van der Waals surface area contributed by atoms with E-state index in [1.807, 2.05) is 30.3 Å². The van der Waals surface area contributed by atoms with Crippen LogP contribution in [-0.2, 0) is 27.3 Å². The van der Waals surface area contributed by atoms with Crippen molar-refractivity contribution in [2.75, 3.05) is 6.54 Å². The van der Waals surface area contributed by atoms with E-state index in [-0.39, 0.29) is 25.4 Å². The average Bonchev–Trinajstić information content (AvgIpc) is 2.82. The highest BCUT2D eigenvalue weighted by Gasteiger charge is 2.38. The Kier molecular flexibility index (Phi) is 14.9. The maximum atomic E-state index is 13.3. The maximum Gasteiger partial charge on any atom is 0.490 e. The van der Waals surface area contributed by atoms with Gasteiger partial charge in [0.25, 0.3) is 0 Å². The summed E-state index contributed by atoms with van der Waals surface area (Å²) in [5.41, 5.74) is 12.9. The molecule has 0 radical (unpaired) electrons. The standard InChI is InChI=1S/C20H25F2N3O2.2C2HF3O2/c1-13(23)20(27)25(11-14-5-3-2-4-6-14)12-19(26)18(24)9-15-7-16(21)10-17(22)8-15;2*3-2(4,5)1(6)7/h2-8,10,13,18-19,26H,9,11-12,23-24H2,1H3;2*(H,6,7)/t13-,18-,19+;;/m0../s1. The first-order valence-electron chi connectivity index (χ1n) is 11.2. The highest BCUT2D eigenvalue weighted by molar-refractivity contribution is 5.81. The molecule has 230 valence electrons. The number of aliphatic hydroxyl groups excluding tert-OH is 1. The van der Waals surface area contributed by atoms with Gasteiger partial charge >= 0.3 is 24.3 Å². The van der Waals surface area contributed by atoms with Crippen LogP contribution in [0.25, 0.3) is 0 Å². The number of aliphatic hydroxyl groups is 1. The molecule has 41 heavy (non-hydrogen) atoms. The van der Waals surface area contributed by atoms with Crippen molar-refractivity contribution in [3.05, 3.63) is 71.3 Å². The van der Waals surface area contributed by atoms with E-state index in [2.05, 4.69) is 0 Å².